The standard InChI is InChI=1S/C13H22O4/c14-9-7-5-3-1-2-4-6-8-11-10-12(15)17-13(11)16/h11,14H,1-10H2. The second kappa shape index (κ2) is 8.23. The van der Waals surface area contributed by atoms with E-state index in [4.69, 9.17) is 5.11 Å². The van der Waals surface area contributed by atoms with Crippen LogP contribution in [0.3, 0.4) is 0 Å². The number of aliphatic hydroxyl groups is 1. The molecule has 0 spiro atoms. The fourth-order valence-corrected chi connectivity index (χ4v) is 2.13. The molecule has 0 amide bonds. The number of unbranched alkanes of at least 4 members (excludes halogenated alkanes) is 6. The monoisotopic (exact) mass is 242 g/mol. The van der Waals surface area contributed by atoms with Gasteiger partial charge in [-0.3, -0.25) is 9.59 Å². The fourth-order valence-electron chi connectivity index (χ4n) is 2.13. The largest absolute Gasteiger partial charge is 0.396 e. The summed E-state index contributed by atoms with van der Waals surface area (Å²) >= 11 is 0. The smallest absolute Gasteiger partial charge is 0.317 e. The third-order valence-corrected chi connectivity index (χ3v) is 3.17. The minimum Gasteiger partial charge on any atom is -0.396 e. The van der Waals surface area contributed by atoms with Crippen molar-refractivity contribution in [3.63, 3.8) is 0 Å². The molecule has 0 aromatic rings. The van der Waals surface area contributed by atoms with Crippen molar-refractivity contribution in [3.8, 4) is 0 Å². The third kappa shape index (κ3) is 5.82. The molecule has 0 radical (unpaired) electrons. The Morgan fingerprint density at radius 1 is 1.00 bits per heavy atom. The zero-order chi connectivity index (χ0) is 12.5. The maximum atomic E-state index is 11.2. The highest BCUT2D eigenvalue weighted by Crippen LogP contribution is 2.22. The molecule has 4 heteroatoms. The van der Waals surface area contributed by atoms with Crippen molar-refractivity contribution >= 4 is 11.9 Å². The molecule has 0 aromatic heterocycles. The van der Waals surface area contributed by atoms with Gasteiger partial charge in [-0.25, -0.2) is 0 Å². The molecule has 17 heavy (non-hydrogen) atoms. The van der Waals surface area contributed by atoms with Crippen molar-refractivity contribution in [3.05, 3.63) is 0 Å². The molecule has 1 rings (SSSR count). The molecule has 0 bridgehead atoms. The van der Waals surface area contributed by atoms with Gasteiger partial charge < -0.3 is 9.84 Å². The minimum absolute atomic E-state index is 0.183. The summed E-state index contributed by atoms with van der Waals surface area (Å²) in [6, 6.07) is 0. The van der Waals surface area contributed by atoms with Crippen molar-refractivity contribution in [2.24, 2.45) is 5.92 Å². The van der Waals surface area contributed by atoms with Crippen molar-refractivity contribution in [1.82, 2.24) is 0 Å². The van der Waals surface area contributed by atoms with Gasteiger partial charge in [-0.1, -0.05) is 38.5 Å². The Labute approximate surface area is 102 Å². The maximum absolute atomic E-state index is 11.2. The topological polar surface area (TPSA) is 63.6 Å². The highest BCUT2D eigenvalue weighted by atomic mass is 16.6. The summed E-state index contributed by atoms with van der Waals surface area (Å²) in [6.07, 6.45) is 8.68. The van der Waals surface area contributed by atoms with E-state index < -0.39 is 0 Å². The van der Waals surface area contributed by atoms with Crippen molar-refractivity contribution in [1.29, 1.82) is 0 Å². The number of carbonyl (C=O) groups excluding carboxylic acids is 2. The quantitative estimate of drug-likeness (QED) is 0.382. The van der Waals surface area contributed by atoms with Gasteiger partial charge >= 0.3 is 11.9 Å². The van der Waals surface area contributed by atoms with Crippen LogP contribution in [0.5, 0.6) is 0 Å². The van der Waals surface area contributed by atoms with E-state index in [-0.39, 0.29) is 30.9 Å². The van der Waals surface area contributed by atoms with Gasteiger partial charge in [0, 0.05) is 6.61 Å². The normalized spacial score (nSPS) is 19.7. The highest BCUT2D eigenvalue weighted by molar-refractivity contribution is 5.94. The molecule has 1 fully saturated rings. The number of hydrogen-bond donors (Lipinski definition) is 1. The van der Waals surface area contributed by atoms with Crippen LogP contribution in [0.25, 0.3) is 0 Å². The zero-order valence-corrected chi connectivity index (χ0v) is 10.3. The zero-order valence-electron chi connectivity index (χ0n) is 10.3. The number of aliphatic hydroxyl groups excluding tert-OH is 1. The maximum Gasteiger partial charge on any atom is 0.317 e. The molecule has 98 valence electrons. The Morgan fingerprint density at radius 3 is 2.12 bits per heavy atom. The van der Waals surface area contributed by atoms with Gasteiger partial charge in [0.1, 0.15) is 0 Å². The molecule has 1 aliphatic heterocycles. The summed E-state index contributed by atoms with van der Waals surface area (Å²) in [6.45, 7) is 0.290. The van der Waals surface area contributed by atoms with E-state index in [9.17, 15) is 9.59 Å². The van der Waals surface area contributed by atoms with Crippen LogP contribution < -0.4 is 0 Å². The van der Waals surface area contributed by atoms with Crippen LogP contribution in [0.15, 0.2) is 0 Å². The Kier molecular flexibility index (Phi) is 6.86. The molecule has 0 aliphatic carbocycles. The summed E-state index contributed by atoms with van der Waals surface area (Å²) in [5, 5.41) is 8.60. The first-order chi connectivity index (χ1) is 8.24. The summed E-state index contributed by atoms with van der Waals surface area (Å²) in [4.78, 5) is 22.0. The average Bonchev–Trinajstić information content (AvgIpc) is 2.61. The first kappa shape index (κ1) is 14.2. The van der Waals surface area contributed by atoms with Crippen LogP contribution in [-0.4, -0.2) is 23.7 Å². The molecule has 1 unspecified atom stereocenters. The lowest BCUT2D eigenvalue weighted by atomic mass is 9.99. The molecule has 0 aromatic carbocycles. The van der Waals surface area contributed by atoms with E-state index in [2.05, 4.69) is 4.74 Å². The van der Waals surface area contributed by atoms with Gasteiger partial charge in [-0.05, 0) is 12.8 Å². The minimum atomic E-state index is -0.371. The molecule has 4 nitrogen and oxygen atoms in total. The average molecular weight is 242 g/mol. The summed E-state index contributed by atoms with van der Waals surface area (Å²) in [7, 11) is 0. The van der Waals surface area contributed by atoms with Crippen LogP contribution in [0.4, 0.5) is 0 Å². The van der Waals surface area contributed by atoms with E-state index in [1.807, 2.05) is 0 Å². The molecular weight excluding hydrogens is 220 g/mol. The number of carbonyl (C=O) groups is 2. The van der Waals surface area contributed by atoms with Crippen LogP contribution >= 0.6 is 0 Å². The Morgan fingerprint density at radius 2 is 1.59 bits per heavy atom. The summed E-state index contributed by atoms with van der Waals surface area (Å²) in [5.74, 6) is -0.890. The summed E-state index contributed by atoms with van der Waals surface area (Å²) in [5.41, 5.74) is 0. The summed E-state index contributed by atoms with van der Waals surface area (Å²) < 4.78 is 4.49. The van der Waals surface area contributed by atoms with Crippen LogP contribution in [-0.2, 0) is 14.3 Å². The molecule has 1 saturated heterocycles. The number of cyclic esters (lactones) is 2. The third-order valence-electron chi connectivity index (χ3n) is 3.17. The predicted octanol–water partition coefficient (Wildman–Crippen LogP) is 2.19. The lowest BCUT2D eigenvalue weighted by molar-refractivity contribution is -0.153. The molecule has 1 aliphatic rings. The second-order valence-corrected chi connectivity index (χ2v) is 4.68. The number of hydrogen-bond acceptors (Lipinski definition) is 4. The van der Waals surface area contributed by atoms with Gasteiger partial charge in [0.05, 0.1) is 12.3 Å². The predicted molar refractivity (Wildman–Crippen MR) is 63.2 cm³/mol. The number of ether oxygens (including phenoxy) is 1. The van der Waals surface area contributed by atoms with E-state index in [1.54, 1.807) is 0 Å². The number of rotatable bonds is 9. The van der Waals surface area contributed by atoms with Crippen LogP contribution in [0, 0.1) is 5.92 Å². The molecule has 1 heterocycles. The van der Waals surface area contributed by atoms with Crippen molar-refractivity contribution in [2.75, 3.05) is 6.61 Å². The van der Waals surface area contributed by atoms with Crippen LogP contribution in [0.1, 0.15) is 57.8 Å². The molecular formula is C13H22O4. The second-order valence-electron chi connectivity index (χ2n) is 4.68. The lowest BCUT2D eigenvalue weighted by Gasteiger charge is -2.04. The lowest BCUT2D eigenvalue weighted by Crippen LogP contribution is -2.06. The molecule has 0 saturated carbocycles. The molecule has 1 atom stereocenters. The highest BCUT2D eigenvalue weighted by Gasteiger charge is 2.32. The Hall–Kier alpha value is -0.900. The van der Waals surface area contributed by atoms with Gasteiger partial charge in [-0.15, -0.1) is 0 Å². The van der Waals surface area contributed by atoms with Gasteiger partial charge in [0.25, 0.3) is 0 Å². The van der Waals surface area contributed by atoms with E-state index in [0.717, 1.165) is 32.1 Å². The van der Waals surface area contributed by atoms with E-state index in [0.29, 0.717) is 0 Å². The molecule has 1 N–H and O–H groups in total. The van der Waals surface area contributed by atoms with E-state index >= 15 is 0 Å². The van der Waals surface area contributed by atoms with Crippen molar-refractivity contribution < 1.29 is 19.4 Å². The van der Waals surface area contributed by atoms with Crippen LogP contribution in [0.2, 0.25) is 0 Å². The first-order valence-electron chi connectivity index (χ1n) is 6.59. The van der Waals surface area contributed by atoms with E-state index in [1.165, 1.54) is 19.3 Å². The number of esters is 2. The van der Waals surface area contributed by atoms with Gasteiger partial charge in [-0.2, -0.15) is 0 Å². The van der Waals surface area contributed by atoms with Gasteiger partial charge in [0.15, 0.2) is 0 Å². The SMILES string of the molecule is O=C1CC(CCCCCCCCCO)C(=O)O1. The first-order valence-corrected chi connectivity index (χ1v) is 6.59. The van der Waals surface area contributed by atoms with Crippen molar-refractivity contribution in [2.45, 2.75) is 57.8 Å². The fraction of sp³-hybridized carbons (Fsp3) is 0.846. The Balaban J connectivity index is 1.91. The van der Waals surface area contributed by atoms with Gasteiger partial charge in [0.2, 0.25) is 0 Å². The Bertz CT molecular complexity index is 250.